The number of nitrogens with zero attached hydrogens (tertiary/aromatic N) is 4. The van der Waals surface area contributed by atoms with E-state index in [0.717, 1.165) is 52.8 Å². The highest BCUT2D eigenvalue weighted by Gasteiger charge is 2.54. The lowest BCUT2D eigenvalue weighted by Crippen LogP contribution is -2.55. The van der Waals surface area contributed by atoms with Gasteiger partial charge in [-0.1, -0.05) is 141 Å². The fourth-order valence-corrected chi connectivity index (χ4v) is 11.3. The van der Waals surface area contributed by atoms with E-state index in [1.807, 2.05) is 69.3 Å². The minimum Gasteiger partial charge on any atom is -0.495 e. The molecule has 0 saturated carbocycles. The number of methoxy groups -OCH3 is 3. The lowest BCUT2D eigenvalue weighted by atomic mass is 9.85. The summed E-state index contributed by atoms with van der Waals surface area (Å²) in [6, 6.07) is 32.6. The van der Waals surface area contributed by atoms with Gasteiger partial charge in [-0.3, -0.25) is 43.1 Å². The number of hydrogen-bond acceptors (Lipinski definition) is 17. The second kappa shape index (κ2) is 34.4. The number of amides is 8. The zero-order chi connectivity index (χ0) is 71.6. The summed E-state index contributed by atoms with van der Waals surface area (Å²) in [7, 11) is 4.03. The molecule has 2 saturated heterocycles. The van der Waals surface area contributed by atoms with Crippen molar-refractivity contribution in [3.63, 3.8) is 0 Å². The van der Waals surface area contributed by atoms with Crippen LogP contribution in [0.3, 0.4) is 0 Å². The van der Waals surface area contributed by atoms with E-state index < -0.39 is 98.9 Å². The highest BCUT2D eigenvalue weighted by molar-refractivity contribution is 7.82. The molecule has 25 nitrogen and oxygen atoms in total. The van der Waals surface area contributed by atoms with Crippen LogP contribution in [0.25, 0.3) is 0 Å². The number of ether oxygens (including phenoxy) is 5. The third-order valence-corrected chi connectivity index (χ3v) is 16.7. The topological polar surface area (TPSA) is 296 Å². The van der Waals surface area contributed by atoms with Crippen LogP contribution in [-0.4, -0.2) is 135 Å². The molecular weight excluding hydrogens is 1300 g/mol. The van der Waals surface area contributed by atoms with Gasteiger partial charge in [-0.2, -0.15) is 8.42 Å². The zero-order valence-corrected chi connectivity index (χ0v) is 59.0. The Balaban J connectivity index is 0.000000276. The van der Waals surface area contributed by atoms with Gasteiger partial charge in [-0.05, 0) is 104 Å². The molecule has 0 aromatic heterocycles. The van der Waals surface area contributed by atoms with Gasteiger partial charge in [0, 0.05) is 30.6 Å². The summed E-state index contributed by atoms with van der Waals surface area (Å²) in [6.45, 7) is 18.3. The first kappa shape index (κ1) is 75.5. The Morgan fingerprint density at radius 1 is 0.531 bits per heavy atom. The number of imide groups is 2. The Kier molecular flexibility index (Phi) is 26.5. The molecule has 0 aliphatic carbocycles. The Bertz CT molecular complexity index is 3900. The number of carbonyl (C=O) groups excluding carboxylic acids is 8. The van der Waals surface area contributed by atoms with Crippen LogP contribution >= 0.6 is 0 Å². The third kappa shape index (κ3) is 19.7. The molecular formula is C71H86N8O17S2. The van der Waals surface area contributed by atoms with Crippen molar-refractivity contribution in [2.75, 3.05) is 61.2 Å². The molecule has 27 heteroatoms. The van der Waals surface area contributed by atoms with Crippen LogP contribution in [0.15, 0.2) is 133 Å². The fourth-order valence-electron chi connectivity index (χ4n) is 10.0. The number of urea groups is 2. The molecule has 98 heavy (non-hydrogen) atoms. The van der Waals surface area contributed by atoms with Crippen molar-refractivity contribution in [1.82, 2.24) is 19.6 Å². The highest BCUT2D eigenvalue weighted by Crippen LogP contribution is 2.36. The first-order valence-corrected chi connectivity index (χ1v) is 33.9. The third-order valence-electron chi connectivity index (χ3n) is 15.2. The normalized spacial score (nSPS) is 15.1. The first-order valence-electron chi connectivity index (χ1n) is 31.7. The van der Waals surface area contributed by atoms with Crippen LogP contribution in [0.2, 0.25) is 0 Å². The molecule has 2 heterocycles. The molecule has 5 atom stereocenters. The van der Waals surface area contributed by atoms with Crippen molar-refractivity contribution < 1.29 is 78.8 Å². The SMILES string of the molecule is CCCCOc1ccc(C)cc1OS(=O)Nc1ccc(NC(=O)C(C(=O)C(C)(C)C)N2C(=O)CN(Cc3ccccc3)C2=O)c(OC)c1.CCCCOc1ccc(C)cc1OS(=O)Nc1ccc(OC)c(NC(=O)C(C(=O)C(C)(C)C)N2C(=O)C(OC)N(Cc3ccccc3)C2=O)c1. The minimum absolute atomic E-state index is 0.00806. The van der Waals surface area contributed by atoms with Crippen LogP contribution in [0.4, 0.5) is 32.3 Å². The van der Waals surface area contributed by atoms with E-state index in [4.69, 9.17) is 32.1 Å². The smallest absolute Gasteiger partial charge is 0.330 e. The maximum Gasteiger partial charge on any atom is 0.330 e. The number of aryl methyl sites for hydroxylation is 2. The number of hydrogen-bond donors (Lipinski definition) is 4. The van der Waals surface area contributed by atoms with Gasteiger partial charge in [0.1, 0.15) is 18.0 Å². The summed E-state index contributed by atoms with van der Waals surface area (Å²) in [5.41, 5.74) is 1.95. The molecule has 6 aromatic rings. The number of nitrogens with one attached hydrogen (secondary N) is 4. The molecule has 5 unspecified atom stereocenters. The number of anilines is 4. The Morgan fingerprint density at radius 3 is 1.47 bits per heavy atom. The molecule has 2 aliphatic rings. The second-order valence-corrected chi connectivity index (χ2v) is 26.7. The summed E-state index contributed by atoms with van der Waals surface area (Å²) in [5, 5.41) is 5.30. The largest absolute Gasteiger partial charge is 0.495 e. The molecule has 8 amide bonds. The molecule has 6 aromatic carbocycles. The van der Waals surface area contributed by atoms with E-state index in [1.165, 1.54) is 61.5 Å². The van der Waals surface area contributed by atoms with Gasteiger partial charge >= 0.3 is 34.6 Å². The quantitative estimate of drug-likeness (QED) is 0.0179. The van der Waals surface area contributed by atoms with Crippen LogP contribution in [0, 0.1) is 24.7 Å². The molecule has 8 rings (SSSR count). The highest BCUT2D eigenvalue weighted by atomic mass is 32.2. The van der Waals surface area contributed by atoms with Crippen molar-refractivity contribution in [3.05, 3.63) is 156 Å². The van der Waals surface area contributed by atoms with E-state index >= 15 is 0 Å². The van der Waals surface area contributed by atoms with Gasteiger partial charge in [0.25, 0.3) is 23.6 Å². The van der Waals surface area contributed by atoms with E-state index in [-0.39, 0.29) is 53.9 Å². The number of ketones is 2. The van der Waals surface area contributed by atoms with Gasteiger partial charge in [0.2, 0.25) is 6.23 Å². The van der Waals surface area contributed by atoms with Crippen molar-refractivity contribution in [2.45, 2.75) is 126 Å². The Hall–Kier alpha value is -9.86. The molecule has 0 spiro atoms. The van der Waals surface area contributed by atoms with Crippen LogP contribution < -0.4 is 47.4 Å². The Morgan fingerprint density at radius 2 is 0.990 bits per heavy atom. The number of unbranched alkanes of at least 4 members (excludes halogenated alkanes) is 2. The summed E-state index contributed by atoms with van der Waals surface area (Å²) in [5.74, 6) is -2.75. The predicted octanol–water partition coefficient (Wildman–Crippen LogP) is 11.3. The first-order chi connectivity index (χ1) is 46.6. The molecule has 4 N–H and O–H groups in total. The van der Waals surface area contributed by atoms with Crippen molar-refractivity contribution >= 4 is 92.5 Å². The average molecular weight is 1390 g/mol. The van der Waals surface area contributed by atoms with Crippen molar-refractivity contribution in [2.24, 2.45) is 10.8 Å². The average Bonchev–Trinajstić information content (AvgIpc) is 1.59. The molecule has 0 bridgehead atoms. The lowest BCUT2D eigenvalue weighted by Gasteiger charge is -2.29. The number of Topliss-reactive ketones (excluding diaryl/α,β-unsaturated/α-hetero) is 2. The summed E-state index contributed by atoms with van der Waals surface area (Å²) < 4.78 is 70.8. The Labute approximate surface area is 576 Å². The van der Waals surface area contributed by atoms with E-state index in [2.05, 4.69) is 27.0 Å². The van der Waals surface area contributed by atoms with Gasteiger partial charge in [0.15, 0.2) is 46.6 Å². The number of carbonyl (C=O) groups is 8. The molecule has 0 radical (unpaired) electrons. The standard InChI is InChI=1S/C36H44N4O9S.C35H42N4O8S/c1-8-9-19-48-28-17-15-23(2)20-29(28)49-50(45)38-25-16-18-27(46-6)26(21-25)37-32(42)30(31(41)36(3,4)5)40-33(43)34(47-7)39(35(40)44)22-24-13-11-10-12-14-24;1-7-8-18-46-27-17-14-23(2)19-29(27)47-48(44)37-25-15-16-26(28(20-25)45-6)36-33(42)31(32(41)35(3,4)5)39-30(40)22-38(34(39)43)21-24-12-10-9-11-13-24/h10-18,20-21,30,34,38H,8-9,19,22H2,1-7H3,(H,37,42);9-17,19-20,31,37H,7-8,18,21-22H2,1-6H3,(H,36,42). The maximum atomic E-state index is 14.0. The lowest BCUT2D eigenvalue weighted by molar-refractivity contribution is -0.148. The van der Waals surface area contributed by atoms with E-state index in [1.54, 1.807) is 96.1 Å². The summed E-state index contributed by atoms with van der Waals surface area (Å²) in [6.07, 6.45) is 2.26. The second-order valence-electron chi connectivity index (χ2n) is 25.1. The minimum atomic E-state index is -2.10. The van der Waals surface area contributed by atoms with Crippen molar-refractivity contribution in [3.8, 4) is 34.5 Å². The number of rotatable bonds is 31. The summed E-state index contributed by atoms with van der Waals surface area (Å²) >= 11 is -4.13. The monoisotopic (exact) mass is 1390 g/mol. The zero-order valence-electron chi connectivity index (χ0n) is 57.3. The fraction of sp³-hybridized carbons (Fsp3) is 0.380. The molecule has 524 valence electrons. The van der Waals surface area contributed by atoms with Crippen LogP contribution in [-0.2, 0) is 69.1 Å². The van der Waals surface area contributed by atoms with Gasteiger partial charge in [-0.15, -0.1) is 0 Å². The van der Waals surface area contributed by atoms with E-state index in [9.17, 15) is 46.8 Å². The van der Waals surface area contributed by atoms with Crippen molar-refractivity contribution in [1.29, 1.82) is 0 Å². The maximum absolute atomic E-state index is 14.0. The van der Waals surface area contributed by atoms with E-state index in [0.29, 0.717) is 41.0 Å². The number of benzene rings is 6. The van der Waals surface area contributed by atoms with Crippen LogP contribution in [0.5, 0.6) is 34.5 Å². The molecule has 2 aliphatic heterocycles. The summed E-state index contributed by atoms with van der Waals surface area (Å²) in [4.78, 5) is 113. The predicted molar refractivity (Wildman–Crippen MR) is 372 cm³/mol. The van der Waals surface area contributed by atoms with Gasteiger partial charge in [0.05, 0.1) is 56.7 Å². The van der Waals surface area contributed by atoms with Gasteiger partial charge < -0.3 is 47.6 Å². The molecule has 2 fully saturated rings. The van der Waals surface area contributed by atoms with Crippen LogP contribution in [0.1, 0.15) is 103 Å². The van der Waals surface area contributed by atoms with Gasteiger partial charge in [-0.25, -0.2) is 19.4 Å².